The summed E-state index contributed by atoms with van der Waals surface area (Å²) in [6.07, 6.45) is 7.44. The summed E-state index contributed by atoms with van der Waals surface area (Å²) in [5.74, 6) is 0.120. The van der Waals surface area contributed by atoms with E-state index in [0.29, 0.717) is 17.2 Å². The zero-order valence-corrected chi connectivity index (χ0v) is 14.1. The van der Waals surface area contributed by atoms with Gasteiger partial charge in [-0.2, -0.15) is 0 Å². The average molecular weight is 339 g/mol. The first-order valence-corrected chi connectivity index (χ1v) is 8.38. The van der Waals surface area contributed by atoms with E-state index in [1.165, 1.54) is 32.2 Å². The maximum atomic E-state index is 12.2. The topological polar surface area (TPSA) is 96.0 Å². The van der Waals surface area contributed by atoms with Gasteiger partial charge in [-0.25, -0.2) is 9.97 Å². The van der Waals surface area contributed by atoms with E-state index in [-0.39, 0.29) is 17.9 Å². The zero-order chi connectivity index (χ0) is 17.6. The number of benzene rings is 1. The van der Waals surface area contributed by atoms with E-state index in [2.05, 4.69) is 25.9 Å². The highest BCUT2D eigenvalue weighted by atomic mass is 16.2. The van der Waals surface area contributed by atoms with Gasteiger partial charge in [0.1, 0.15) is 0 Å². The lowest BCUT2D eigenvalue weighted by Crippen LogP contribution is -2.32. The lowest BCUT2D eigenvalue weighted by molar-refractivity contribution is -0.114. The highest BCUT2D eigenvalue weighted by Crippen LogP contribution is 2.19. The van der Waals surface area contributed by atoms with E-state index in [9.17, 15) is 9.59 Å². The summed E-state index contributed by atoms with van der Waals surface area (Å²) in [4.78, 5) is 31.7. The van der Waals surface area contributed by atoms with Crippen LogP contribution in [0.5, 0.6) is 0 Å². The van der Waals surface area contributed by atoms with Gasteiger partial charge < -0.3 is 16.0 Å². The molecule has 1 heterocycles. The lowest BCUT2D eigenvalue weighted by atomic mass is 10.2. The maximum Gasteiger partial charge on any atom is 0.254 e. The molecule has 2 amide bonds. The van der Waals surface area contributed by atoms with Crippen LogP contribution < -0.4 is 16.0 Å². The van der Waals surface area contributed by atoms with Crippen LogP contribution in [-0.4, -0.2) is 27.8 Å². The monoisotopic (exact) mass is 339 g/mol. The Morgan fingerprint density at radius 2 is 1.76 bits per heavy atom. The number of hydrogen-bond donors (Lipinski definition) is 3. The molecule has 2 aromatic rings. The molecule has 25 heavy (non-hydrogen) atoms. The fourth-order valence-corrected chi connectivity index (χ4v) is 2.86. The Labute approximate surface area is 146 Å². The van der Waals surface area contributed by atoms with E-state index >= 15 is 0 Å². The van der Waals surface area contributed by atoms with Crippen LogP contribution in [0.4, 0.5) is 17.3 Å². The molecule has 1 saturated carbocycles. The SMILES string of the molecule is CC(=O)Nc1cccc(Nc2ncc(C(=O)NC3CCCC3)cn2)c1. The molecule has 0 aliphatic heterocycles. The van der Waals surface area contributed by atoms with Gasteiger partial charge in [-0.05, 0) is 31.0 Å². The van der Waals surface area contributed by atoms with E-state index < -0.39 is 0 Å². The van der Waals surface area contributed by atoms with Crippen LogP contribution in [0.2, 0.25) is 0 Å². The zero-order valence-electron chi connectivity index (χ0n) is 14.1. The van der Waals surface area contributed by atoms with Crippen molar-refractivity contribution in [3.8, 4) is 0 Å². The Bertz CT molecular complexity index is 754. The van der Waals surface area contributed by atoms with Crippen LogP contribution in [0.1, 0.15) is 43.0 Å². The van der Waals surface area contributed by atoms with Gasteiger partial charge in [0.05, 0.1) is 5.56 Å². The number of carbonyl (C=O) groups is 2. The van der Waals surface area contributed by atoms with E-state index in [1.54, 1.807) is 12.1 Å². The first-order valence-electron chi connectivity index (χ1n) is 8.38. The minimum absolute atomic E-state index is 0.133. The molecule has 0 radical (unpaired) electrons. The second kappa shape index (κ2) is 7.74. The van der Waals surface area contributed by atoms with Crippen molar-refractivity contribution in [2.75, 3.05) is 10.6 Å². The normalized spacial score (nSPS) is 14.1. The molecule has 0 bridgehead atoms. The molecule has 0 saturated heterocycles. The number of nitrogens with one attached hydrogen (secondary N) is 3. The molecular formula is C18H21N5O2. The van der Waals surface area contributed by atoms with E-state index in [1.807, 2.05) is 12.1 Å². The Balaban J connectivity index is 1.62. The van der Waals surface area contributed by atoms with E-state index in [0.717, 1.165) is 18.5 Å². The molecule has 1 aromatic carbocycles. The van der Waals surface area contributed by atoms with Crippen molar-refractivity contribution in [2.24, 2.45) is 0 Å². The van der Waals surface area contributed by atoms with Crippen molar-refractivity contribution >= 4 is 29.1 Å². The summed E-state index contributed by atoms with van der Waals surface area (Å²) in [6.45, 7) is 1.46. The number of anilines is 3. The predicted molar refractivity (Wildman–Crippen MR) is 95.8 cm³/mol. The summed E-state index contributed by atoms with van der Waals surface area (Å²) in [5, 5.41) is 8.78. The molecule has 1 aromatic heterocycles. The quantitative estimate of drug-likeness (QED) is 0.778. The van der Waals surface area contributed by atoms with Crippen molar-refractivity contribution in [1.82, 2.24) is 15.3 Å². The number of carbonyl (C=O) groups excluding carboxylic acids is 2. The fourth-order valence-electron chi connectivity index (χ4n) is 2.86. The lowest BCUT2D eigenvalue weighted by Gasteiger charge is -2.12. The minimum atomic E-state index is -0.133. The van der Waals surface area contributed by atoms with Gasteiger partial charge in [-0.1, -0.05) is 18.9 Å². The summed E-state index contributed by atoms with van der Waals surface area (Å²) in [5.41, 5.74) is 1.88. The van der Waals surface area contributed by atoms with Crippen LogP contribution in [0.15, 0.2) is 36.7 Å². The summed E-state index contributed by atoms with van der Waals surface area (Å²) in [7, 11) is 0. The first kappa shape index (κ1) is 16.9. The van der Waals surface area contributed by atoms with E-state index in [4.69, 9.17) is 0 Å². The third-order valence-electron chi connectivity index (χ3n) is 4.04. The van der Waals surface area contributed by atoms with Crippen LogP contribution >= 0.6 is 0 Å². The van der Waals surface area contributed by atoms with Crippen LogP contribution in [0.3, 0.4) is 0 Å². The second-order valence-corrected chi connectivity index (χ2v) is 6.14. The van der Waals surface area contributed by atoms with Crippen molar-refractivity contribution in [3.05, 3.63) is 42.2 Å². The summed E-state index contributed by atoms with van der Waals surface area (Å²) < 4.78 is 0. The largest absolute Gasteiger partial charge is 0.349 e. The molecule has 0 unspecified atom stereocenters. The maximum absolute atomic E-state index is 12.2. The van der Waals surface area contributed by atoms with Gasteiger partial charge in [-0.15, -0.1) is 0 Å². The molecule has 0 spiro atoms. The summed E-state index contributed by atoms with van der Waals surface area (Å²) >= 11 is 0. The number of hydrogen-bond acceptors (Lipinski definition) is 5. The molecule has 7 nitrogen and oxygen atoms in total. The molecule has 1 fully saturated rings. The Hall–Kier alpha value is -2.96. The minimum Gasteiger partial charge on any atom is -0.349 e. The van der Waals surface area contributed by atoms with Crippen molar-refractivity contribution < 1.29 is 9.59 Å². The van der Waals surface area contributed by atoms with Gasteiger partial charge in [-0.3, -0.25) is 9.59 Å². The Kier molecular flexibility index (Phi) is 5.23. The predicted octanol–water partition coefficient (Wildman–Crippen LogP) is 2.85. The van der Waals surface area contributed by atoms with Crippen molar-refractivity contribution in [1.29, 1.82) is 0 Å². The Morgan fingerprint density at radius 3 is 2.44 bits per heavy atom. The Morgan fingerprint density at radius 1 is 1.08 bits per heavy atom. The molecular weight excluding hydrogens is 318 g/mol. The van der Waals surface area contributed by atoms with Gasteiger partial charge in [0, 0.05) is 36.7 Å². The first-order chi connectivity index (χ1) is 12.1. The average Bonchev–Trinajstić information content (AvgIpc) is 3.08. The van der Waals surface area contributed by atoms with Crippen molar-refractivity contribution in [2.45, 2.75) is 38.6 Å². The highest BCUT2D eigenvalue weighted by molar-refractivity contribution is 5.94. The highest BCUT2D eigenvalue weighted by Gasteiger charge is 2.18. The smallest absolute Gasteiger partial charge is 0.254 e. The van der Waals surface area contributed by atoms with Gasteiger partial charge in [0.25, 0.3) is 5.91 Å². The number of aromatic nitrogens is 2. The third-order valence-corrected chi connectivity index (χ3v) is 4.04. The molecule has 7 heteroatoms. The number of rotatable bonds is 5. The van der Waals surface area contributed by atoms with Crippen LogP contribution in [0.25, 0.3) is 0 Å². The second-order valence-electron chi connectivity index (χ2n) is 6.14. The van der Waals surface area contributed by atoms with Gasteiger partial charge in [0.15, 0.2) is 0 Å². The van der Waals surface area contributed by atoms with Crippen LogP contribution in [-0.2, 0) is 4.79 Å². The van der Waals surface area contributed by atoms with Gasteiger partial charge >= 0.3 is 0 Å². The van der Waals surface area contributed by atoms with Crippen molar-refractivity contribution in [3.63, 3.8) is 0 Å². The van der Waals surface area contributed by atoms with Crippen LogP contribution in [0, 0.1) is 0 Å². The third kappa shape index (κ3) is 4.76. The molecule has 0 atom stereocenters. The van der Waals surface area contributed by atoms with Gasteiger partial charge in [0.2, 0.25) is 11.9 Å². The summed E-state index contributed by atoms with van der Waals surface area (Å²) in [6, 6.07) is 7.50. The molecule has 1 aliphatic carbocycles. The number of nitrogens with zero attached hydrogens (tertiary/aromatic N) is 2. The standard InChI is InChI=1S/C18H21N5O2/c1-12(24)21-15-7-4-8-16(9-15)23-18-19-10-13(11-20-18)17(25)22-14-5-2-3-6-14/h4,7-11,14H,2-3,5-6H2,1H3,(H,21,24)(H,22,25)(H,19,20,23). The fraction of sp³-hybridized carbons (Fsp3) is 0.333. The molecule has 3 N–H and O–H groups in total. The molecule has 3 rings (SSSR count). The molecule has 130 valence electrons. The number of amides is 2. The molecule has 1 aliphatic rings.